The van der Waals surface area contributed by atoms with Gasteiger partial charge in [-0.25, -0.2) is 0 Å². The third-order valence-corrected chi connectivity index (χ3v) is 4.13. The van der Waals surface area contributed by atoms with Gasteiger partial charge in [0.25, 0.3) is 0 Å². The quantitative estimate of drug-likeness (QED) is 0.567. The smallest absolute Gasteiger partial charge is 0.223 e. The lowest BCUT2D eigenvalue weighted by atomic mass is 10.2. The summed E-state index contributed by atoms with van der Waals surface area (Å²) in [5.74, 6) is 0.493. The molecular weight excluding hydrogens is 326 g/mol. The number of aromatic nitrogens is 6. The van der Waals surface area contributed by atoms with Crippen molar-refractivity contribution < 1.29 is 0 Å². The molecule has 0 saturated carbocycles. The number of benzene rings is 1. The summed E-state index contributed by atoms with van der Waals surface area (Å²) in [6.07, 6.45) is 5.36. The van der Waals surface area contributed by atoms with Crippen LogP contribution in [0.1, 0.15) is 5.56 Å². The van der Waals surface area contributed by atoms with Gasteiger partial charge in [0.15, 0.2) is 0 Å². The first-order chi connectivity index (χ1) is 12.7. The van der Waals surface area contributed by atoms with Crippen molar-refractivity contribution >= 4 is 11.4 Å². The van der Waals surface area contributed by atoms with Crippen LogP contribution in [0, 0.1) is 6.92 Å². The molecule has 0 aliphatic heterocycles. The first-order valence-electron chi connectivity index (χ1n) is 8.18. The third kappa shape index (κ3) is 3.02. The predicted octanol–water partition coefficient (Wildman–Crippen LogP) is 3.20. The number of hydrogen-bond donors (Lipinski definition) is 0. The van der Waals surface area contributed by atoms with Crippen molar-refractivity contribution in [2.45, 2.75) is 6.92 Å². The summed E-state index contributed by atoms with van der Waals surface area (Å²) >= 11 is 0. The lowest BCUT2D eigenvalue weighted by Crippen LogP contribution is -2.12. The van der Waals surface area contributed by atoms with Crippen LogP contribution in [-0.2, 0) is 0 Å². The molecular formula is C19H17N7. The summed E-state index contributed by atoms with van der Waals surface area (Å²) in [5, 5.41) is 12.7. The van der Waals surface area contributed by atoms with E-state index < -0.39 is 0 Å². The number of pyridine rings is 2. The van der Waals surface area contributed by atoms with Crippen LogP contribution in [0.15, 0.2) is 67.1 Å². The Kier molecular flexibility index (Phi) is 4.10. The highest BCUT2D eigenvalue weighted by Gasteiger charge is 2.11. The SMILES string of the molecule is Cc1ccncc1N(C)c1cccc(-n2nnc(-c3ccccn3)n2)c1. The van der Waals surface area contributed by atoms with Gasteiger partial charge in [-0.05, 0) is 54.1 Å². The molecule has 26 heavy (non-hydrogen) atoms. The molecule has 0 aliphatic carbocycles. The van der Waals surface area contributed by atoms with E-state index >= 15 is 0 Å². The second kappa shape index (κ2) is 6.72. The first-order valence-corrected chi connectivity index (χ1v) is 8.18. The van der Waals surface area contributed by atoms with Crippen LogP contribution < -0.4 is 4.90 Å². The number of hydrogen-bond acceptors (Lipinski definition) is 6. The van der Waals surface area contributed by atoms with Crippen LogP contribution in [0.4, 0.5) is 11.4 Å². The fourth-order valence-corrected chi connectivity index (χ4v) is 2.69. The molecule has 1 aromatic carbocycles. The fraction of sp³-hybridized carbons (Fsp3) is 0.105. The Balaban J connectivity index is 1.66. The van der Waals surface area contributed by atoms with Crippen molar-refractivity contribution in [1.29, 1.82) is 0 Å². The molecule has 0 saturated heterocycles. The summed E-state index contributed by atoms with van der Waals surface area (Å²) in [7, 11) is 2.01. The maximum atomic E-state index is 4.44. The summed E-state index contributed by atoms with van der Waals surface area (Å²) in [6.45, 7) is 2.06. The zero-order valence-electron chi connectivity index (χ0n) is 14.5. The molecule has 3 aromatic heterocycles. The van der Waals surface area contributed by atoms with Gasteiger partial charge in [0.2, 0.25) is 5.82 Å². The molecule has 0 bridgehead atoms. The van der Waals surface area contributed by atoms with E-state index in [0.717, 1.165) is 22.6 Å². The molecule has 4 aromatic rings. The lowest BCUT2D eigenvalue weighted by Gasteiger charge is -2.21. The summed E-state index contributed by atoms with van der Waals surface area (Å²) in [4.78, 5) is 12.1. The molecule has 0 atom stereocenters. The Bertz CT molecular complexity index is 1030. The largest absolute Gasteiger partial charge is 0.343 e. The van der Waals surface area contributed by atoms with E-state index in [9.17, 15) is 0 Å². The maximum Gasteiger partial charge on any atom is 0.223 e. The number of aryl methyl sites for hydroxylation is 1. The van der Waals surface area contributed by atoms with Crippen molar-refractivity contribution in [2.24, 2.45) is 0 Å². The minimum atomic E-state index is 0.493. The van der Waals surface area contributed by atoms with Crippen molar-refractivity contribution in [2.75, 3.05) is 11.9 Å². The minimum absolute atomic E-state index is 0.493. The summed E-state index contributed by atoms with van der Waals surface area (Å²) < 4.78 is 0. The molecule has 0 radical (unpaired) electrons. The van der Waals surface area contributed by atoms with Gasteiger partial charge >= 0.3 is 0 Å². The first kappa shape index (κ1) is 15.9. The van der Waals surface area contributed by atoms with Crippen molar-refractivity contribution in [3.63, 3.8) is 0 Å². The normalized spacial score (nSPS) is 10.7. The Morgan fingerprint density at radius 2 is 1.92 bits per heavy atom. The Morgan fingerprint density at radius 3 is 2.73 bits per heavy atom. The van der Waals surface area contributed by atoms with Crippen LogP contribution >= 0.6 is 0 Å². The number of tetrazole rings is 1. The van der Waals surface area contributed by atoms with Gasteiger partial charge in [-0.2, -0.15) is 0 Å². The van der Waals surface area contributed by atoms with Gasteiger partial charge in [0.1, 0.15) is 5.69 Å². The topological polar surface area (TPSA) is 72.6 Å². The van der Waals surface area contributed by atoms with E-state index in [-0.39, 0.29) is 0 Å². The Labute approximate surface area is 151 Å². The second-order valence-corrected chi connectivity index (χ2v) is 5.86. The second-order valence-electron chi connectivity index (χ2n) is 5.86. The van der Waals surface area contributed by atoms with E-state index in [0.29, 0.717) is 11.5 Å². The lowest BCUT2D eigenvalue weighted by molar-refractivity contribution is 0.720. The molecule has 0 N–H and O–H groups in total. The molecule has 7 nitrogen and oxygen atoms in total. The van der Waals surface area contributed by atoms with Crippen LogP contribution in [0.5, 0.6) is 0 Å². The third-order valence-electron chi connectivity index (χ3n) is 4.13. The van der Waals surface area contributed by atoms with Gasteiger partial charge in [-0.1, -0.05) is 12.1 Å². The highest BCUT2D eigenvalue weighted by Crippen LogP contribution is 2.27. The average Bonchev–Trinajstić information content (AvgIpc) is 3.19. The predicted molar refractivity (Wildman–Crippen MR) is 99.4 cm³/mol. The van der Waals surface area contributed by atoms with Crippen LogP contribution in [0.25, 0.3) is 17.2 Å². The molecule has 0 aliphatic rings. The number of nitrogens with zero attached hydrogens (tertiary/aromatic N) is 7. The molecule has 128 valence electrons. The van der Waals surface area contributed by atoms with Gasteiger partial charge in [-0.15, -0.1) is 15.0 Å². The zero-order valence-corrected chi connectivity index (χ0v) is 14.5. The fourth-order valence-electron chi connectivity index (χ4n) is 2.69. The van der Waals surface area contributed by atoms with Crippen LogP contribution in [0.3, 0.4) is 0 Å². The van der Waals surface area contributed by atoms with Gasteiger partial charge in [0, 0.05) is 25.1 Å². The minimum Gasteiger partial charge on any atom is -0.343 e. The van der Waals surface area contributed by atoms with Crippen molar-refractivity contribution in [1.82, 2.24) is 30.2 Å². The van der Waals surface area contributed by atoms with Crippen molar-refractivity contribution in [3.05, 3.63) is 72.7 Å². The average molecular weight is 343 g/mol. The van der Waals surface area contributed by atoms with Crippen LogP contribution in [0.2, 0.25) is 0 Å². The van der Waals surface area contributed by atoms with Gasteiger partial charge in [-0.3, -0.25) is 9.97 Å². The number of rotatable bonds is 4. The Morgan fingerprint density at radius 1 is 1.00 bits per heavy atom. The van der Waals surface area contributed by atoms with E-state index in [1.165, 1.54) is 4.80 Å². The summed E-state index contributed by atoms with van der Waals surface area (Å²) in [6, 6.07) is 15.6. The highest BCUT2D eigenvalue weighted by molar-refractivity contribution is 5.66. The monoisotopic (exact) mass is 343 g/mol. The molecule has 4 rings (SSSR count). The van der Waals surface area contributed by atoms with E-state index in [1.807, 2.05) is 61.8 Å². The maximum absolute atomic E-state index is 4.44. The van der Waals surface area contributed by atoms with Crippen LogP contribution in [-0.4, -0.2) is 37.2 Å². The van der Waals surface area contributed by atoms with E-state index in [2.05, 4.69) is 37.2 Å². The molecule has 0 fully saturated rings. The number of anilines is 2. The summed E-state index contributed by atoms with van der Waals surface area (Å²) in [5.41, 5.74) is 4.73. The van der Waals surface area contributed by atoms with Crippen molar-refractivity contribution in [3.8, 4) is 17.2 Å². The molecule has 7 heteroatoms. The molecule has 0 amide bonds. The molecule has 0 spiro atoms. The molecule has 3 heterocycles. The van der Waals surface area contributed by atoms with E-state index in [1.54, 1.807) is 12.4 Å². The zero-order chi connectivity index (χ0) is 17.9. The highest BCUT2D eigenvalue weighted by atomic mass is 15.6. The van der Waals surface area contributed by atoms with E-state index in [4.69, 9.17) is 0 Å². The van der Waals surface area contributed by atoms with Gasteiger partial charge < -0.3 is 4.90 Å². The Hall–Kier alpha value is -3.61. The standard InChI is InChI=1S/C19H17N7/c1-14-9-11-20-13-18(14)25(2)15-6-5-7-16(12-15)26-23-19(22-24-26)17-8-3-4-10-21-17/h3-13H,1-2H3. The molecule has 0 unspecified atom stereocenters. The van der Waals surface area contributed by atoms with Gasteiger partial charge in [0.05, 0.1) is 17.6 Å².